The first-order valence-electron chi connectivity index (χ1n) is 5.34. The average Bonchev–Trinajstić information content (AvgIpc) is 2.27. The van der Waals surface area contributed by atoms with Crippen LogP contribution in [0.5, 0.6) is 0 Å². The Morgan fingerprint density at radius 1 is 1.50 bits per heavy atom. The average molecular weight is 249 g/mol. The normalized spacial score (nSPS) is 23.4. The molecule has 1 amide bonds. The summed E-state index contributed by atoms with van der Waals surface area (Å²) >= 11 is 0. The fraction of sp³-hybridized carbons (Fsp3) is 0.889. The minimum atomic E-state index is -3.37. The molecule has 1 rings (SSSR count). The second kappa shape index (κ2) is 5.11. The highest BCUT2D eigenvalue weighted by Gasteiger charge is 2.37. The monoisotopic (exact) mass is 249 g/mol. The summed E-state index contributed by atoms with van der Waals surface area (Å²) < 4.78 is 25.4. The van der Waals surface area contributed by atoms with Crippen molar-refractivity contribution in [3.05, 3.63) is 0 Å². The molecule has 1 atom stereocenters. The molecule has 0 bridgehead atoms. The van der Waals surface area contributed by atoms with Crippen LogP contribution in [-0.4, -0.2) is 56.6 Å². The van der Waals surface area contributed by atoms with Gasteiger partial charge in [0.15, 0.2) is 0 Å². The third-order valence-corrected chi connectivity index (χ3v) is 4.95. The van der Waals surface area contributed by atoms with Crippen molar-refractivity contribution in [1.29, 1.82) is 0 Å². The zero-order valence-corrected chi connectivity index (χ0v) is 10.7. The molecule has 0 spiro atoms. The number of rotatable bonds is 3. The molecule has 0 radical (unpaired) electrons. The van der Waals surface area contributed by atoms with Gasteiger partial charge < -0.3 is 10.6 Å². The van der Waals surface area contributed by atoms with Crippen molar-refractivity contribution in [1.82, 2.24) is 14.9 Å². The summed E-state index contributed by atoms with van der Waals surface area (Å²) in [6, 6.07) is -0.633. The standard InChI is InChI=1S/C9H19N3O3S/c1-7(2)16(14,15)12-5-4-11-6-8(12)9(13)10-3/h7-8,11H,4-6H2,1-3H3,(H,10,13). The van der Waals surface area contributed by atoms with Gasteiger partial charge in [-0.15, -0.1) is 0 Å². The Hall–Kier alpha value is -0.660. The third kappa shape index (κ3) is 2.53. The van der Waals surface area contributed by atoms with Crippen molar-refractivity contribution in [3.8, 4) is 0 Å². The molecule has 2 N–H and O–H groups in total. The predicted octanol–water partition coefficient (Wildman–Crippen LogP) is -1.26. The first-order chi connectivity index (χ1) is 7.41. The van der Waals surface area contributed by atoms with Gasteiger partial charge in [0, 0.05) is 26.7 Å². The summed E-state index contributed by atoms with van der Waals surface area (Å²) in [4.78, 5) is 11.6. The first-order valence-corrected chi connectivity index (χ1v) is 6.84. The third-order valence-electron chi connectivity index (χ3n) is 2.67. The number of hydrogen-bond acceptors (Lipinski definition) is 4. The molecule has 1 aliphatic heterocycles. The topological polar surface area (TPSA) is 78.5 Å². The number of nitrogens with one attached hydrogen (secondary N) is 2. The van der Waals surface area contributed by atoms with E-state index in [0.29, 0.717) is 19.6 Å². The maximum Gasteiger partial charge on any atom is 0.239 e. The molecule has 0 aromatic rings. The zero-order valence-electron chi connectivity index (χ0n) is 9.86. The second-order valence-corrected chi connectivity index (χ2v) is 6.48. The maximum atomic E-state index is 12.0. The molecule has 0 aliphatic carbocycles. The Labute approximate surface area is 96.4 Å². The number of carbonyl (C=O) groups excluding carboxylic acids is 1. The van der Waals surface area contributed by atoms with Crippen LogP contribution in [0.15, 0.2) is 0 Å². The van der Waals surface area contributed by atoms with Crippen molar-refractivity contribution < 1.29 is 13.2 Å². The van der Waals surface area contributed by atoms with E-state index in [2.05, 4.69) is 10.6 Å². The molecule has 94 valence electrons. The van der Waals surface area contributed by atoms with Gasteiger partial charge in [0.25, 0.3) is 0 Å². The van der Waals surface area contributed by atoms with E-state index in [1.807, 2.05) is 0 Å². The van der Waals surface area contributed by atoms with E-state index in [4.69, 9.17) is 0 Å². The molecule has 0 aromatic carbocycles. The Balaban J connectivity index is 2.95. The largest absolute Gasteiger partial charge is 0.358 e. The number of piperazine rings is 1. The van der Waals surface area contributed by atoms with Crippen molar-refractivity contribution >= 4 is 15.9 Å². The van der Waals surface area contributed by atoms with Gasteiger partial charge in [0.1, 0.15) is 6.04 Å². The molecular formula is C9H19N3O3S. The van der Waals surface area contributed by atoms with Gasteiger partial charge in [0.2, 0.25) is 15.9 Å². The van der Waals surface area contributed by atoms with E-state index in [1.54, 1.807) is 13.8 Å². The van der Waals surface area contributed by atoms with Gasteiger partial charge in [0.05, 0.1) is 5.25 Å². The van der Waals surface area contributed by atoms with E-state index in [-0.39, 0.29) is 5.91 Å². The van der Waals surface area contributed by atoms with Crippen LogP contribution in [0, 0.1) is 0 Å². The molecule has 1 unspecified atom stereocenters. The first kappa shape index (κ1) is 13.4. The predicted molar refractivity (Wildman–Crippen MR) is 61.5 cm³/mol. The summed E-state index contributed by atoms with van der Waals surface area (Å²) in [5.74, 6) is -0.267. The highest BCUT2D eigenvalue weighted by atomic mass is 32.2. The quantitative estimate of drug-likeness (QED) is 0.655. The van der Waals surface area contributed by atoms with Gasteiger partial charge in [-0.3, -0.25) is 4.79 Å². The zero-order chi connectivity index (χ0) is 12.3. The summed E-state index contributed by atoms with van der Waals surface area (Å²) in [5.41, 5.74) is 0. The summed E-state index contributed by atoms with van der Waals surface area (Å²) in [7, 11) is -1.86. The second-order valence-electron chi connectivity index (χ2n) is 4.04. The maximum absolute atomic E-state index is 12.0. The SMILES string of the molecule is CNC(=O)C1CNCCN1S(=O)(=O)C(C)C. The van der Waals surface area contributed by atoms with Crippen LogP contribution >= 0.6 is 0 Å². The Bertz CT molecular complexity index is 353. The smallest absolute Gasteiger partial charge is 0.239 e. The van der Waals surface area contributed by atoms with Crippen LogP contribution in [0.4, 0.5) is 0 Å². The van der Waals surface area contributed by atoms with E-state index < -0.39 is 21.3 Å². The molecule has 16 heavy (non-hydrogen) atoms. The van der Waals surface area contributed by atoms with Crippen molar-refractivity contribution in [2.75, 3.05) is 26.7 Å². The lowest BCUT2D eigenvalue weighted by molar-refractivity contribution is -0.124. The highest BCUT2D eigenvalue weighted by Crippen LogP contribution is 2.14. The fourth-order valence-electron chi connectivity index (χ4n) is 1.65. The van der Waals surface area contributed by atoms with E-state index in [9.17, 15) is 13.2 Å². The van der Waals surface area contributed by atoms with Gasteiger partial charge >= 0.3 is 0 Å². The Morgan fingerprint density at radius 2 is 2.12 bits per heavy atom. The molecule has 0 saturated carbocycles. The molecule has 6 nitrogen and oxygen atoms in total. The Morgan fingerprint density at radius 3 is 2.62 bits per heavy atom. The number of amides is 1. The van der Waals surface area contributed by atoms with Crippen molar-refractivity contribution in [2.24, 2.45) is 0 Å². The summed E-state index contributed by atoms with van der Waals surface area (Å²) in [6.45, 7) is 4.54. The lowest BCUT2D eigenvalue weighted by Crippen LogP contribution is -2.60. The van der Waals surface area contributed by atoms with E-state index in [1.165, 1.54) is 11.4 Å². The number of carbonyl (C=O) groups is 1. The van der Waals surface area contributed by atoms with E-state index in [0.717, 1.165) is 0 Å². The van der Waals surface area contributed by atoms with E-state index >= 15 is 0 Å². The van der Waals surface area contributed by atoms with Crippen LogP contribution in [0.2, 0.25) is 0 Å². The molecule has 1 saturated heterocycles. The minimum Gasteiger partial charge on any atom is -0.358 e. The van der Waals surface area contributed by atoms with Crippen molar-refractivity contribution in [3.63, 3.8) is 0 Å². The molecule has 0 aromatic heterocycles. The van der Waals surface area contributed by atoms with Gasteiger partial charge in [-0.1, -0.05) is 0 Å². The minimum absolute atomic E-state index is 0.267. The van der Waals surface area contributed by atoms with Gasteiger partial charge in [-0.2, -0.15) is 4.31 Å². The number of hydrogen-bond donors (Lipinski definition) is 2. The molecule has 7 heteroatoms. The number of likely N-dealkylation sites (N-methyl/N-ethyl adjacent to an activating group) is 1. The van der Waals surface area contributed by atoms with Crippen LogP contribution in [0.25, 0.3) is 0 Å². The lowest BCUT2D eigenvalue weighted by Gasteiger charge is -2.34. The highest BCUT2D eigenvalue weighted by molar-refractivity contribution is 7.89. The van der Waals surface area contributed by atoms with Gasteiger partial charge in [-0.25, -0.2) is 8.42 Å². The molecule has 1 aliphatic rings. The summed E-state index contributed by atoms with van der Waals surface area (Å²) in [5, 5.41) is 5.01. The molecular weight excluding hydrogens is 230 g/mol. The molecule has 1 heterocycles. The van der Waals surface area contributed by atoms with Gasteiger partial charge in [-0.05, 0) is 13.8 Å². The van der Waals surface area contributed by atoms with Crippen LogP contribution in [0.1, 0.15) is 13.8 Å². The number of sulfonamides is 1. The van der Waals surface area contributed by atoms with Crippen molar-refractivity contribution in [2.45, 2.75) is 25.1 Å². The van der Waals surface area contributed by atoms with Crippen LogP contribution < -0.4 is 10.6 Å². The summed E-state index contributed by atoms with van der Waals surface area (Å²) in [6.07, 6.45) is 0. The molecule has 1 fully saturated rings. The lowest BCUT2D eigenvalue weighted by atomic mass is 10.2. The van der Waals surface area contributed by atoms with Crippen LogP contribution in [-0.2, 0) is 14.8 Å². The fourth-order valence-corrected chi connectivity index (χ4v) is 3.06. The number of nitrogens with zero attached hydrogens (tertiary/aromatic N) is 1. The van der Waals surface area contributed by atoms with Crippen LogP contribution in [0.3, 0.4) is 0 Å². The Kier molecular flexibility index (Phi) is 4.28.